The summed E-state index contributed by atoms with van der Waals surface area (Å²) in [7, 11) is 0. The Kier molecular flexibility index (Phi) is 6.60. The molecule has 0 bridgehead atoms. The molecule has 1 saturated heterocycles. The Balaban J connectivity index is 0.00000225. The van der Waals surface area contributed by atoms with Gasteiger partial charge < -0.3 is 10.2 Å². The van der Waals surface area contributed by atoms with Gasteiger partial charge in [0, 0.05) is 19.6 Å². The molecule has 134 valence electrons. The average molecular weight is 367 g/mol. The first-order chi connectivity index (χ1) is 11.6. The molecule has 25 heavy (non-hydrogen) atoms. The Morgan fingerprint density at radius 2 is 2.00 bits per heavy atom. The highest BCUT2D eigenvalue weighted by molar-refractivity contribution is 6.18. The van der Waals surface area contributed by atoms with Crippen LogP contribution >= 0.6 is 12.4 Å². The fourth-order valence-corrected chi connectivity index (χ4v) is 2.60. The lowest BCUT2D eigenvalue weighted by molar-refractivity contribution is -0.125. The highest BCUT2D eigenvalue weighted by atomic mass is 35.5. The Labute approximate surface area is 151 Å². The summed E-state index contributed by atoms with van der Waals surface area (Å²) >= 11 is 0. The van der Waals surface area contributed by atoms with Gasteiger partial charge in [-0.25, -0.2) is 4.39 Å². The van der Waals surface area contributed by atoms with Crippen molar-refractivity contribution in [2.75, 3.05) is 26.2 Å². The van der Waals surface area contributed by atoms with Crippen molar-refractivity contribution in [3.05, 3.63) is 41.5 Å². The molecule has 1 aliphatic heterocycles. The fraction of sp³-hybridized carbons (Fsp3) is 0.375. The standard InChI is InChI=1S/C16H19FN6O.ClH/c1-12-19-20-21-23(12)15(11-13-3-5-14(17)6-4-13)16(24)22-9-2-7-18-8-10-22;/h3-6,11,18H,2,7-10H2,1H3;1H/b15-11+;. The van der Waals surface area contributed by atoms with E-state index in [1.165, 1.54) is 16.8 Å². The number of hydrogen-bond acceptors (Lipinski definition) is 5. The van der Waals surface area contributed by atoms with Crippen LogP contribution in [0.4, 0.5) is 4.39 Å². The van der Waals surface area contributed by atoms with Gasteiger partial charge >= 0.3 is 0 Å². The van der Waals surface area contributed by atoms with Crippen molar-refractivity contribution in [1.82, 2.24) is 30.4 Å². The third kappa shape index (κ3) is 4.61. The van der Waals surface area contributed by atoms with Crippen molar-refractivity contribution in [3.8, 4) is 0 Å². The number of nitrogens with zero attached hydrogens (tertiary/aromatic N) is 5. The van der Waals surface area contributed by atoms with Gasteiger partial charge in [-0.2, -0.15) is 4.68 Å². The van der Waals surface area contributed by atoms with Gasteiger partial charge in [-0.3, -0.25) is 4.79 Å². The first kappa shape index (κ1) is 19.0. The van der Waals surface area contributed by atoms with E-state index in [1.54, 1.807) is 30.0 Å². The number of nitrogens with one attached hydrogen (secondary N) is 1. The Morgan fingerprint density at radius 3 is 2.68 bits per heavy atom. The zero-order chi connectivity index (χ0) is 16.9. The number of carbonyl (C=O) groups excluding carboxylic acids is 1. The summed E-state index contributed by atoms with van der Waals surface area (Å²) in [6, 6.07) is 5.95. The summed E-state index contributed by atoms with van der Waals surface area (Å²) in [6.45, 7) is 4.68. The van der Waals surface area contributed by atoms with Crippen LogP contribution in [-0.4, -0.2) is 57.2 Å². The van der Waals surface area contributed by atoms with E-state index in [-0.39, 0.29) is 24.1 Å². The van der Waals surface area contributed by atoms with Crippen molar-refractivity contribution in [3.63, 3.8) is 0 Å². The molecule has 0 atom stereocenters. The van der Waals surface area contributed by atoms with Crippen molar-refractivity contribution in [2.45, 2.75) is 13.3 Å². The molecule has 1 amide bonds. The highest BCUT2D eigenvalue weighted by Gasteiger charge is 2.23. The lowest BCUT2D eigenvalue weighted by atomic mass is 10.1. The number of hydrogen-bond donors (Lipinski definition) is 1. The molecule has 7 nitrogen and oxygen atoms in total. The maximum absolute atomic E-state index is 13.1. The first-order valence-electron chi connectivity index (χ1n) is 7.88. The number of carbonyl (C=O) groups is 1. The predicted octanol–water partition coefficient (Wildman–Crippen LogP) is 1.36. The highest BCUT2D eigenvalue weighted by Crippen LogP contribution is 2.16. The normalized spacial score (nSPS) is 15.4. The van der Waals surface area contributed by atoms with Gasteiger partial charge in [0.2, 0.25) is 0 Å². The molecule has 0 spiro atoms. The zero-order valence-corrected chi connectivity index (χ0v) is 14.7. The molecule has 0 saturated carbocycles. The molecule has 1 fully saturated rings. The van der Waals surface area contributed by atoms with E-state index < -0.39 is 0 Å². The van der Waals surface area contributed by atoms with Crippen LogP contribution in [0.5, 0.6) is 0 Å². The van der Waals surface area contributed by atoms with E-state index in [4.69, 9.17) is 0 Å². The topological polar surface area (TPSA) is 75.9 Å². The number of aromatic nitrogens is 4. The summed E-state index contributed by atoms with van der Waals surface area (Å²) in [4.78, 5) is 14.8. The largest absolute Gasteiger partial charge is 0.336 e. The van der Waals surface area contributed by atoms with Gasteiger partial charge in [0.05, 0.1) is 0 Å². The molecule has 0 aliphatic carbocycles. The number of halogens is 2. The van der Waals surface area contributed by atoms with Gasteiger partial charge in [0.25, 0.3) is 5.91 Å². The van der Waals surface area contributed by atoms with Gasteiger partial charge in [-0.15, -0.1) is 17.5 Å². The Morgan fingerprint density at radius 1 is 1.24 bits per heavy atom. The van der Waals surface area contributed by atoms with Gasteiger partial charge in [0.15, 0.2) is 5.82 Å². The maximum Gasteiger partial charge on any atom is 0.272 e. The third-order valence-corrected chi connectivity index (χ3v) is 3.87. The van der Waals surface area contributed by atoms with Crippen molar-refractivity contribution in [1.29, 1.82) is 0 Å². The summed E-state index contributed by atoms with van der Waals surface area (Å²) in [5, 5.41) is 14.7. The SMILES string of the molecule is Cc1nnnn1/C(=C/c1ccc(F)cc1)C(=O)N1CCCNCC1.Cl. The quantitative estimate of drug-likeness (QED) is 0.830. The molecule has 0 unspecified atom stereocenters. The Hall–Kier alpha value is -2.32. The summed E-state index contributed by atoms with van der Waals surface area (Å²) in [5.74, 6) is 0.0558. The van der Waals surface area contributed by atoms with Crippen LogP contribution in [0.25, 0.3) is 11.8 Å². The van der Waals surface area contributed by atoms with Crippen LogP contribution in [0.3, 0.4) is 0 Å². The molecule has 3 rings (SSSR count). The van der Waals surface area contributed by atoms with E-state index in [0.717, 1.165) is 19.5 Å². The van der Waals surface area contributed by atoms with Crippen LogP contribution in [0.1, 0.15) is 17.8 Å². The molecular weight excluding hydrogens is 347 g/mol. The Bertz CT molecular complexity index is 737. The minimum Gasteiger partial charge on any atom is -0.336 e. The molecule has 2 aromatic rings. The second-order valence-electron chi connectivity index (χ2n) is 5.61. The minimum absolute atomic E-state index is 0. The lowest BCUT2D eigenvalue weighted by Crippen LogP contribution is -2.36. The van der Waals surface area contributed by atoms with E-state index >= 15 is 0 Å². The van der Waals surface area contributed by atoms with Crippen molar-refractivity contribution in [2.24, 2.45) is 0 Å². The number of amides is 1. The minimum atomic E-state index is -0.322. The molecular formula is C16H20ClFN6O. The predicted molar refractivity (Wildman–Crippen MR) is 94.4 cm³/mol. The number of rotatable bonds is 3. The fourth-order valence-electron chi connectivity index (χ4n) is 2.60. The molecule has 1 aliphatic rings. The monoisotopic (exact) mass is 366 g/mol. The molecule has 2 heterocycles. The molecule has 9 heteroatoms. The molecule has 1 aromatic carbocycles. The van der Waals surface area contributed by atoms with Crippen molar-refractivity contribution < 1.29 is 9.18 Å². The van der Waals surface area contributed by atoms with E-state index in [1.807, 2.05) is 0 Å². The van der Waals surface area contributed by atoms with Gasteiger partial charge in [-0.1, -0.05) is 12.1 Å². The third-order valence-electron chi connectivity index (χ3n) is 3.87. The average Bonchev–Trinajstić information content (AvgIpc) is 2.85. The zero-order valence-electron chi connectivity index (χ0n) is 13.9. The van der Waals surface area contributed by atoms with Crippen LogP contribution in [0.2, 0.25) is 0 Å². The second kappa shape index (κ2) is 8.68. The molecule has 1 N–H and O–H groups in total. The van der Waals surface area contributed by atoms with Crippen molar-refractivity contribution >= 4 is 30.1 Å². The van der Waals surface area contributed by atoms with Gasteiger partial charge in [0.1, 0.15) is 11.5 Å². The number of tetrazole rings is 1. The maximum atomic E-state index is 13.1. The van der Waals surface area contributed by atoms with E-state index in [2.05, 4.69) is 20.8 Å². The number of aryl methyl sites for hydroxylation is 1. The summed E-state index contributed by atoms with van der Waals surface area (Å²) in [6.07, 6.45) is 2.58. The van der Waals surface area contributed by atoms with Crippen LogP contribution in [0.15, 0.2) is 24.3 Å². The number of benzene rings is 1. The van der Waals surface area contributed by atoms with E-state index in [9.17, 15) is 9.18 Å². The van der Waals surface area contributed by atoms with Crippen LogP contribution < -0.4 is 5.32 Å². The second-order valence-corrected chi connectivity index (χ2v) is 5.61. The molecule has 0 radical (unpaired) electrons. The van der Waals surface area contributed by atoms with Crippen LogP contribution in [-0.2, 0) is 4.79 Å². The summed E-state index contributed by atoms with van der Waals surface area (Å²) in [5.41, 5.74) is 1.06. The first-order valence-corrected chi connectivity index (χ1v) is 7.88. The lowest BCUT2D eigenvalue weighted by Gasteiger charge is -2.21. The van der Waals surface area contributed by atoms with E-state index in [0.29, 0.717) is 30.2 Å². The molecule has 1 aromatic heterocycles. The van der Waals surface area contributed by atoms with Crippen LogP contribution in [0, 0.1) is 12.7 Å². The summed E-state index contributed by atoms with van der Waals surface area (Å²) < 4.78 is 14.5. The van der Waals surface area contributed by atoms with Gasteiger partial charge in [-0.05, 0) is 54.1 Å². The smallest absolute Gasteiger partial charge is 0.272 e.